The van der Waals surface area contributed by atoms with Gasteiger partial charge in [-0.1, -0.05) is 0 Å². The summed E-state index contributed by atoms with van der Waals surface area (Å²) in [6.07, 6.45) is 6.54. The molecule has 0 aromatic carbocycles. The molecule has 1 aliphatic carbocycles. The molecule has 0 bridgehead atoms. The van der Waals surface area contributed by atoms with E-state index in [2.05, 4.69) is 5.32 Å². The third-order valence-electron chi connectivity index (χ3n) is 4.02. The second-order valence-electron chi connectivity index (χ2n) is 5.75. The molecule has 2 fully saturated rings. The van der Waals surface area contributed by atoms with E-state index >= 15 is 0 Å². The molecule has 0 aromatic rings. The Balaban J connectivity index is 1.57. The first kappa shape index (κ1) is 14.3. The van der Waals surface area contributed by atoms with Crippen molar-refractivity contribution in [1.82, 2.24) is 10.2 Å². The quantitative estimate of drug-likeness (QED) is 0.741. The van der Waals surface area contributed by atoms with Gasteiger partial charge in [0.05, 0.1) is 0 Å². The molecule has 0 aromatic heterocycles. The highest BCUT2D eigenvalue weighted by Crippen LogP contribution is 2.32. The van der Waals surface area contributed by atoms with Crippen molar-refractivity contribution in [3.63, 3.8) is 0 Å². The average Bonchev–Trinajstić information content (AvgIpc) is 3.24. The van der Waals surface area contributed by atoms with Crippen LogP contribution in [0.25, 0.3) is 0 Å². The summed E-state index contributed by atoms with van der Waals surface area (Å²) in [7, 11) is 0. The molecule has 5 heteroatoms. The van der Waals surface area contributed by atoms with Crippen LogP contribution in [-0.4, -0.2) is 42.4 Å². The molecular formula is C14H25N3O2. The highest BCUT2D eigenvalue weighted by molar-refractivity contribution is 5.79. The van der Waals surface area contributed by atoms with Crippen molar-refractivity contribution in [2.24, 2.45) is 11.7 Å². The summed E-state index contributed by atoms with van der Waals surface area (Å²) in [5.41, 5.74) is 5.89. The van der Waals surface area contributed by atoms with Crippen molar-refractivity contribution in [1.29, 1.82) is 0 Å². The number of carbonyl (C=O) groups is 2. The number of likely N-dealkylation sites (tertiary alicyclic amines) is 1. The normalized spacial score (nSPS) is 21.0. The lowest BCUT2D eigenvalue weighted by molar-refractivity contribution is -0.132. The molecule has 2 rings (SSSR count). The first-order valence-corrected chi connectivity index (χ1v) is 7.47. The monoisotopic (exact) mass is 267 g/mol. The third kappa shape index (κ3) is 4.82. The minimum Gasteiger partial charge on any atom is -0.356 e. The topological polar surface area (TPSA) is 75.4 Å². The molecule has 1 atom stereocenters. The van der Waals surface area contributed by atoms with Gasteiger partial charge in [0.2, 0.25) is 11.8 Å². The van der Waals surface area contributed by atoms with Crippen LogP contribution in [0.3, 0.4) is 0 Å². The van der Waals surface area contributed by atoms with Gasteiger partial charge in [0.25, 0.3) is 0 Å². The summed E-state index contributed by atoms with van der Waals surface area (Å²) in [6.45, 7) is 2.18. The Morgan fingerprint density at radius 2 is 1.89 bits per heavy atom. The Bertz CT molecular complexity index is 323. The SMILES string of the molecule is NC(CC(=O)NCCC(=O)N1CCCCC1)C1CC1. The van der Waals surface area contributed by atoms with E-state index in [9.17, 15) is 9.59 Å². The molecule has 5 nitrogen and oxygen atoms in total. The van der Waals surface area contributed by atoms with E-state index in [-0.39, 0.29) is 17.9 Å². The van der Waals surface area contributed by atoms with E-state index in [1.165, 1.54) is 6.42 Å². The minimum atomic E-state index is -0.0224. The number of carbonyl (C=O) groups excluding carboxylic acids is 2. The van der Waals surface area contributed by atoms with E-state index in [1.807, 2.05) is 4.90 Å². The lowest BCUT2D eigenvalue weighted by Crippen LogP contribution is -2.38. The number of hydrogen-bond acceptors (Lipinski definition) is 3. The number of rotatable bonds is 6. The van der Waals surface area contributed by atoms with Gasteiger partial charge in [-0.25, -0.2) is 0 Å². The minimum absolute atomic E-state index is 0.00204. The average molecular weight is 267 g/mol. The summed E-state index contributed by atoms with van der Waals surface area (Å²) in [4.78, 5) is 25.4. The van der Waals surface area contributed by atoms with Crippen LogP contribution in [0.2, 0.25) is 0 Å². The van der Waals surface area contributed by atoms with Crippen LogP contribution >= 0.6 is 0 Å². The number of hydrogen-bond donors (Lipinski definition) is 2. The molecule has 2 aliphatic rings. The second-order valence-corrected chi connectivity index (χ2v) is 5.75. The smallest absolute Gasteiger partial charge is 0.224 e. The molecule has 0 spiro atoms. The van der Waals surface area contributed by atoms with Crippen molar-refractivity contribution in [3.8, 4) is 0 Å². The lowest BCUT2D eigenvalue weighted by atomic mass is 10.1. The van der Waals surface area contributed by atoms with Crippen molar-refractivity contribution < 1.29 is 9.59 Å². The van der Waals surface area contributed by atoms with E-state index in [4.69, 9.17) is 5.73 Å². The molecular weight excluding hydrogens is 242 g/mol. The summed E-state index contributed by atoms with van der Waals surface area (Å²) in [5.74, 6) is 0.679. The van der Waals surface area contributed by atoms with Gasteiger partial charge in [-0.15, -0.1) is 0 Å². The van der Waals surface area contributed by atoms with E-state index in [0.29, 0.717) is 25.3 Å². The van der Waals surface area contributed by atoms with Crippen LogP contribution < -0.4 is 11.1 Å². The molecule has 1 saturated heterocycles. The summed E-state index contributed by atoms with van der Waals surface area (Å²) in [5, 5.41) is 2.80. The standard InChI is InChI=1S/C14H25N3O2/c15-12(11-4-5-11)10-13(18)16-7-6-14(19)17-8-2-1-3-9-17/h11-12H,1-10,15H2,(H,16,18). The van der Waals surface area contributed by atoms with Crippen molar-refractivity contribution >= 4 is 11.8 Å². The largest absolute Gasteiger partial charge is 0.356 e. The number of piperidine rings is 1. The number of nitrogens with two attached hydrogens (primary N) is 1. The molecule has 108 valence electrons. The van der Waals surface area contributed by atoms with Crippen LogP contribution in [0.15, 0.2) is 0 Å². The predicted octanol–water partition coefficient (Wildman–Crippen LogP) is 0.633. The fourth-order valence-electron chi connectivity index (χ4n) is 2.59. The Morgan fingerprint density at radius 1 is 1.21 bits per heavy atom. The molecule has 2 amide bonds. The van der Waals surface area contributed by atoms with Crippen LogP contribution in [0, 0.1) is 5.92 Å². The molecule has 1 heterocycles. The zero-order chi connectivity index (χ0) is 13.7. The molecule has 19 heavy (non-hydrogen) atoms. The van der Waals surface area contributed by atoms with Gasteiger partial charge in [-0.05, 0) is 38.0 Å². The predicted molar refractivity (Wildman–Crippen MR) is 73.4 cm³/mol. The van der Waals surface area contributed by atoms with Gasteiger partial charge in [0.1, 0.15) is 0 Å². The number of nitrogens with one attached hydrogen (secondary N) is 1. The lowest BCUT2D eigenvalue weighted by Gasteiger charge is -2.26. The molecule has 1 aliphatic heterocycles. The maximum absolute atomic E-state index is 11.9. The Kier molecular flexibility index (Phi) is 5.19. The summed E-state index contributed by atoms with van der Waals surface area (Å²) < 4.78 is 0. The van der Waals surface area contributed by atoms with E-state index < -0.39 is 0 Å². The second kappa shape index (κ2) is 6.89. The van der Waals surface area contributed by atoms with Crippen LogP contribution in [-0.2, 0) is 9.59 Å². The van der Waals surface area contributed by atoms with Crippen LogP contribution in [0.1, 0.15) is 44.9 Å². The van der Waals surface area contributed by atoms with Crippen molar-refractivity contribution in [2.75, 3.05) is 19.6 Å². The van der Waals surface area contributed by atoms with Gasteiger partial charge in [0, 0.05) is 38.5 Å². The number of amides is 2. The Hall–Kier alpha value is -1.10. The molecule has 1 unspecified atom stereocenters. The highest BCUT2D eigenvalue weighted by Gasteiger charge is 2.29. The Morgan fingerprint density at radius 3 is 2.53 bits per heavy atom. The van der Waals surface area contributed by atoms with Gasteiger partial charge in [-0.2, -0.15) is 0 Å². The van der Waals surface area contributed by atoms with Gasteiger partial charge < -0.3 is 16.0 Å². The first-order chi connectivity index (χ1) is 9.16. The fraction of sp³-hybridized carbons (Fsp3) is 0.857. The zero-order valence-electron chi connectivity index (χ0n) is 11.6. The third-order valence-corrected chi connectivity index (χ3v) is 4.02. The summed E-state index contributed by atoms with van der Waals surface area (Å²) in [6, 6.07) is -0.00204. The van der Waals surface area contributed by atoms with Gasteiger partial charge >= 0.3 is 0 Å². The Labute approximate surface area is 114 Å². The van der Waals surface area contributed by atoms with E-state index in [1.54, 1.807) is 0 Å². The van der Waals surface area contributed by atoms with Crippen molar-refractivity contribution in [2.45, 2.75) is 51.0 Å². The van der Waals surface area contributed by atoms with Gasteiger partial charge in [0.15, 0.2) is 0 Å². The molecule has 1 saturated carbocycles. The van der Waals surface area contributed by atoms with Crippen molar-refractivity contribution in [3.05, 3.63) is 0 Å². The van der Waals surface area contributed by atoms with Crippen LogP contribution in [0.4, 0.5) is 0 Å². The molecule has 3 N–H and O–H groups in total. The first-order valence-electron chi connectivity index (χ1n) is 7.47. The maximum Gasteiger partial charge on any atom is 0.224 e. The zero-order valence-corrected chi connectivity index (χ0v) is 11.6. The maximum atomic E-state index is 11.9. The van der Waals surface area contributed by atoms with Crippen LogP contribution in [0.5, 0.6) is 0 Å². The number of nitrogens with zero attached hydrogens (tertiary/aromatic N) is 1. The van der Waals surface area contributed by atoms with Gasteiger partial charge in [-0.3, -0.25) is 9.59 Å². The molecule has 0 radical (unpaired) electrons. The highest BCUT2D eigenvalue weighted by atomic mass is 16.2. The van der Waals surface area contributed by atoms with E-state index in [0.717, 1.165) is 38.8 Å². The summed E-state index contributed by atoms with van der Waals surface area (Å²) >= 11 is 0. The fourth-order valence-corrected chi connectivity index (χ4v) is 2.59.